The average Bonchev–Trinajstić information content (AvgIpc) is 2.89. The van der Waals surface area contributed by atoms with Crippen LogP contribution in [0, 0.1) is 0 Å². The topological polar surface area (TPSA) is 49.4 Å². The molecule has 5 heteroatoms. The minimum Gasteiger partial charge on any atom is -0.347 e. The number of rotatable bonds is 3. The van der Waals surface area contributed by atoms with Crippen molar-refractivity contribution in [3.63, 3.8) is 0 Å². The van der Waals surface area contributed by atoms with Crippen LogP contribution < -0.4 is 10.2 Å². The monoisotopic (exact) mass is 314 g/mol. The summed E-state index contributed by atoms with van der Waals surface area (Å²) in [6.07, 6.45) is 0.314. The van der Waals surface area contributed by atoms with Gasteiger partial charge in [0.15, 0.2) is 0 Å². The third-order valence-corrected chi connectivity index (χ3v) is 3.89. The minimum atomic E-state index is -0.190. The van der Waals surface area contributed by atoms with Crippen LogP contribution in [0.25, 0.3) is 0 Å². The number of carbonyl (C=O) groups excluding carboxylic acids is 2. The van der Waals surface area contributed by atoms with Crippen molar-refractivity contribution in [1.29, 1.82) is 0 Å². The van der Waals surface area contributed by atoms with Crippen molar-refractivity contribution < 1.29 is 9.59 Å². The van der Waals surface area contributed by atoms with Gasteiger partial charge in [0.25, 0.3) is 5.91 Å². The summed E-state index contributed by atoms with van der Waals surface area (Å²) < 4.78 is 0. The summed E-state index contributed by atoms with van der Waals surface area (Å²) in [6, 6.07) is 16.0. The fourth-order valence-electron chi connectivity index (χ4n) is 2.53. The van der Waals surface area contributed by atoms with Gasteiger partial charge in [0.05, 0.1) is 6.04 Å². The number of para-hydroxylation sites is 1. The Bertz CT molecular complexity index is 686. The van der Waals surface area contributed by atoms with E-state index < -0.39 is 0 Å². The maximum absolute atomic E-state index is 12.2. The lowest BCUT2D eigenvalue weighted by Crippen LogP contribution is -2.37. The molecular weight excluding hydrogens is 300 g/mol. The van der Waals surface area contributed by atoms with Crippen LogP contribution in [-0.2, 0) is 4.79 Å². The number of nitrogens with zero attached hydrogens (tertiary/aromatic N) is 1. The molecule has 112 valence electrons. The molecule has 2 aromatic rings. The van der Waals surface area contributed by atoms with Crippen molar-refractivity contribution in [3.8, 4) is 0 Å². The Morgan fingerprint density at radius 3 is 2.45 bits per heavy atom. The van der Waals surface area contributed by atoms with Gasteiger partial charge in [-0.15, -0.1) is 0 Å². The van der Waals surface area contributed by atoms with E-state index in [1.807, 2.05) is 30.3 Å². The SMILES string of the molecule is O=C(NC1CC(=O)N(c2ccccc2)C1)c1ccc(Cl)cc1. The first-order valence-corrected chi connectivity index (χ1v) is 7.43. The van der Waals surface area contributed by atoms with Crippen LogP contribution >= 0.6 is 11.6 Å². The molecule has 1 N–H and O–H groups in total. The molecule has 1 aliphatic rings. The van der Waals surface area contributed by atoms with Gasteiger partial charge in [-0.05, 0) is 36.4 Å². The van der Waals surface area contributed by atoms with Gasteiger partial charge in [-0.25, -0.2) is 0 Å². The molecule has 1 saturated heterocycles. The average molecular weight is 315 g/mol. The third kappa shape index (κ3) is 3.12. The van der Waals surface area contributed by atoms with Gasteiger partial charge in [-0.1, -0.05) is 29.8 Å². The number of hydrogen-bond acceptors (Lipinski definition) is 2. The van der Waals surface area contributed by atoms with Crippen LogP contribution in [0.15, 0.2) is 54.6 Å². The summed E-state index contributed by atoms with van der Waals surface area (Å²) in [7, 11) is 0. The normalized spacial score (nSPS) is 17.6. The number of hydrogen-bond donors (Lipinski definition) is 1. The minimum absolute atomic E-state index is 0.0209. The van der Waals surface area contributed by atoms with Crippen LogP contribution in [0.4, 0.5) is 5.69 Å². The molecule has 0 bridgehead atoms. The van der Waals surface area contributed by atoms with Crippen molar-refractivity contribution >= 4 is 29.1 Å². The molecule has 4 nitrogen and oxygen atoms in total. The Kier molecular flexibility index (Phi) is 4.11. The summed E-state index contributed by atoms with van der Waals surface area (Å²) in [6.45, 7) is 0.488. The van der Waals surface area contributed by atoms with E-state index in [0.717, 1.165) is 5.69 Å². The second kappa shape index (κ2) is 6.20. The molecule has 2 amide bonds. The largest absolute Gasteiger partial charge is 0.347 e. The van der Waals surface area contributed by atoms with E-state index in [2.05, 4.69) is 5.32 Å². The summed E-state index contributed by atoms with van der Waals surface area (Å²) in [4.78, 5) is 26.0. The van der Waals surface area contributed by atoms with Gasteiger partial charge in [0.1, 0.15) is 0 Å². The smallest absolute Gasteiger partial charge is 0.251 e. The molecule has 0 aromatic heterocycles. The maximum Gasteiger partial charge on any atom is 0.251 e. The number of anilines is 1. The fourth-order valence-corrected chi connectivity index (χ4v) is 2.66. The highest BCUT2D eigenvalue weighted by Gasteiger charge is 2.31. The molecular formula is C17H15ClN2O2. The quantitative estimate of drug-likeness (QED) is 0.947. The second-order valence-electron chi connectivity index (χ2n) is 5.22. The van der Waals surface area contributed by atoms with Crippen molar-refractivity contribution in [2.75, 3.05) is 11.4 Å². The maximum atomic E-state index is 12.2. The molecule has 1 atom stereocenters. The van der Waals surface area contributed by atoms with E-state index in [4.69, 9.17) is 11.6 Å². The van der Waals surface area contributed by atoms with E-state index in [1.54, 1.807) is 29.2 Å². The van der Waals surface area contributed by atoms with Crippen molar-refractivity contribution in [2.24, 2.45) is 0 Å². The Labute approximate surface area is 133 Å². The lowest BCUT2D eigenvalue weighted by Gasteiger charge is -2.17. The van der Waals surface area contributed by atoms with E-state index in [9.17, 15) is 9.59 Å². The van der Waals surface area contributed by atoms with Gasteiger partial charge in [0.2, 0.25) is 5.91 Å². The van der Waals surface area contributed by atoms with Crippen LogP contribution in [0.2, 0.25) is 5.02 Å². The zero-order chi connectivity index (χ0) is 15.5. The molecule has 0 aliphatic carbocycles. The van der Waals surface area contributed by atoms with Gasteiger partial charge >= 0.3 is 0 Å². The molecule has 1 aliphatic heterocycles. The Morgan fingerprint density at radius 1 is 1.09 bits per heavy atom. The molecule has 22 heavy (non-hydrogen) atoms. The standard InChI is InChI=1S/C17H15ClN2O2/c18-13-8-6-12(7-9-13)17(22)19-14-10-16(21)20(11-14)15-4-2-1-3-5-15/h1-9,14H,10-11H2,(H,19,22). The fraction of sp³-hybridized carbons (Fsp3) is 0.176. The van der Waals surface area contributed by atoms with Gasteiger partial charge in [0, 0.05) is 29.2 Å². The predicted molar refractivity (Wildman–Crippen MR) is 86.1 cm³/mol. The highest BCUT2D eigenvalue weighted by atomic mass is 35.5. The number of carbonyl (C=O) groups is 2. The first-order chi connectivity index (χ1) is 10.6. The summed E-state index contributed by atoms with van der Waals surface area (Å²) >= 11 is 5.81. The van der Waals surface area contributed by atoms with Crippen LogP contribution in [0.5, 0.6) is 0 Å². The van der Waals surface area contributed by atoms with Crippen LogP contribution in [-0.4, -0.2) is 24.4 Å². The number of benzene rings is 2. The Hall–Kier alpha value is -2.33. The van der Waals surface area contributed by atoms with E-state index in [1.165, 1.54) is 0 Å². The molecule has 0 spiro atoms. The zero-order valence-electron chi connectivity index (χ0n) is 11.8. The molecule has 1 fully saturated rings. The summed E-state index contributed by atoms with van der Waals surface area (Å²) in [5.41, 5.74) is 1.39. The van der Waals surface area contributed by atoms with Crippen LogP contribution in [0.1, 0.15) is 16.8 Å². The molecule has 1 heterocycles. The number of halogens is 1. The highest BCUT2D eigenvalue weighted by molar-refractivity contribution is 6.30. The summed E-state index contributed by atoms with van der Waals surface area (Å²) in [5, 5.41) is 3.49. The molecule has 1 unspecified atom stereocenters. The lowest BCUT2D eigenvalue weighted by atomic mass is 10.2. The van der Waals surface area contributed by atoms with E-state index in [0.29, 0.717) is 23.6 Å². The predicted octanol–water partition coefficient (Wildman–Crippen LogP) is 2.88. The number of amides is 2. The Balaban J connectivity index is 1.66. The molecule has 0 saturated carbocycles. The van der Waals surface area contributed by atoms with Crippen LogP contribution in [0.3, 0.4) is 0 Å². The van der Waals surface area contributed by atoms with E-state index in [-0.39, 0.29) is 17.9 Å². The second-order valence-corrected chi connectivity index (χ2v) is 5.66. The first-order valence-electron chi connectivity index (χ1n) is 7.05. The Morgan fingerprint density at radius 2 is 1.77 bits per heavy atom. The number of nitrogens with one attached hydrogen (secondary N) is 1. The van der Waals surface area contributed by atoms with Crippen molar-refractivity contribution in [3.05, 3.63) is 65.2 Å². The van der Waals surface area contributed by atoms with E-state index >= 15 is 0 Å². The third-order valence-electron chi connectivity index (χ3n) is 3.63. The molecule has 2 aromatic carbocycles. The van der Waals surface area contributed by atoms with Gasteiger partial charge in [-0.3, -0.25) is 9.59 Å². The summed E-state index contributed by atoms with van der Waals surface area (Å²) in [5.74, 6) is -0.169. The van der Waals surface area contributed by atoms with Crippen molar-refractivity contribution in [1.82, 2.24) is 5.32 Å². The first kappa shape index (κ1) is 14.6. The van der Waals surface area contributed by atoms with Gasteiger partial charge in [-0.2, -0.15) is 0 Å². The molecule has 3 rings (SSSR count). The molecule has 0 radical (unpaired) electrons. The highest BCUT2D eigenvalue weighted by Crippen LogP contribution is 2.21. The zero-order valence-corrected chi connectivity index (χ0v) is 12.6. The van der Waals surface area contributed by atoms with Gasteiger partial charge < -0.3 is 10.2 Å². The van der Waals surface area contributed by atoms with Crippen molar-refractivity contribution in [2.45, 2.75) is 12.5 Å². The lowest BCUT2D eigenvalue weighted by molar-refractivity contribution is -0.117.